The van der Waals surface area contributed by atoms with Gasteiger partial charge in [0, 0.05) is 35.8 Å². The van der Waals surface area contributed by atoms with E-state index in [-0.39, 0.29) is 0 Å². The van der Waals surface area contributed by atoms with Crippen molar-refractivity contribution in [3.8, 4) is 11.5 Å². The second-order valence-corrected chi connectivity index (χ2v) is 7.95. The maximum absolute atomic E-state index is 11.4. The highest BCUT2D eigenvalue weighted by atomic mass is 16.5. The summed E-state index contributed by atoms with van der Waals surface area (Å²) in [5.74, 6) is 1.10. The number of carbonyl (C=O) groups is 1. The molecular weight excluding hydrogens is 376 g/mol. The average Bonchev–Trinajstić information content (AvgIpc) is 3.10. The standard InChI is InChI=1S/C25H32N2O3/c1-26(17-20-9-8-10-22(29)15-20)13-6-4-3-5-7-14-27-18-21(19-28)24-16-23(30-2)11-12-25(24)27/h8-12,15-16,18-19,29H,3-7,13-14,17H2,1-2H3. The monoisotopic (exact) mass is 408 g/mol. The van der Waals surface area contributed by atoms with Gasteiger partial charge in [0.15, 0.2) is 6.29 Å². The van der Waals surface area contributed by atoms with E-state index in [4.69, 9.17) is 4.74 Å². The molecule has 0 bridgehead atoms. The van der Waals surface area contributed by atoms with Gasteiger partial charge in [0.05, 0.1) is 7.11 Å². The van der Waals surface area contributed by atoms with Gasteiger partial charge in [-0.3, -0.25) is 4.79 Å². The number of aromatic nitrogens is 1. The van der Waals surface area contributed by atoms with Crippen molar-refractivity contribution in [2.75, 3.05) is 20.7 Å². The Labute approximate surface area is 178 Å². The molecule has 0 amide bonds. The zero-order chi connectivity index (χ0) is 21.3. The number of ether oxygens (including phenoxy) is 1. The lowest BCUT2D eigenvalue weighted by molar-refractivity contribution is 0.112. The lowest BCUT2D eigenvalue weighted by Gasteiger charge is -2.16. The van der Waals surface area contributed by atoms with Gasteiger partial charge in [-0.1, -0.05) is 31.4 Å². The Balaban J connectivity index is 1.37. The van der Waals surface area contributed by atoms with E-state index in [1.165, 1.54) is 25.7 Å². The molecule has 0 fully saturated rings. The van der Waals surface area contributed by atoms with Crippen molar-refractivity contribution in [3.05, 3.63) is 59.8 Å². The van der Waals surface area contributed by atoms with Gasteiger partial charge in [-0.05, 0) is 62.3 Å². The molecule has 1 heterocycles. The molecule has 5 nitrogen and oxygen atoms in total. The van der Waals surface area contributed by atoms with E-state index in [0.717, 1.165) is 60.1 Å². The van der Waals surface area contributed by atoms with Crippen LogP contribution >= 0.6 is 0 Å². The highest BCUT2D eigenvalue weighted by molar-refractivity contribution is 5.98. The Morgan fingerprint density at radius 3 is 2.63 bits per heavy atom. The van der Waals surface area contributed by atoms with Crippen LogP contribution in [0, 0.1) is 0 Å². The lowest BCUT2D eigenvalue weighted by atomic mass is 10.1. The number of phenolic OH excluding ortho intramolecular Hbond substituents is 1. The third-order valence-electron chi connectivity index (χ3n) is 5.55. The molecule has 0 atom stereocenters. The number of hydrogen-bond acceptors (Lipinski definition) is 4. The van der Waals surface area contributed by atoms with E-state index < -0.39 is 0 Å². The molecule has 0 aliphatic heterocycles. The van der Waals surface area contributed by atoms with Crippen LogP contribution in [-0.4, -0.2) is 41.6 Å². The summed E-state index contributed by atoms with van der Waals surface area (Å²) < 4.78 is 7.46. The van der Waals surface area contributed by atoms with Crippen LogP contribution in [0.2, 0.25) is 0 Å². The van der Waals surface area contributed by atoms with Gasteiger partial charge in [-0.2, -0.15) is 0 Å². The smallest absolute Gasteiger partial charge is 0.152 e. The lowest BCUT2D eigenvalue weighted by Crippen LogP contribution is -2.18. The molecule has 30 heavy (non-hydrogen) atoms. The van der Waals surface area contributed by atoms with Crippen LogP contribution in [0.4, 0.5) is 0 Å². The fraction of sp³-hybridized carbons (Fsp3) is 0.400. The first-order chi connectivity index (χ1) is 14.6. The van der Waals surface area contributed by atoms with E-state index in [0.29, 0.717) is 5.75 Å². The summed E-state index contributed by atoms with van der Waals surface area (Å²) in [7, 11) is 3.77. The molecule has 2 aromatic carbocycles. The third kappa shape index (κ3) is 5.86. The Kier molecular flexibility index (Phi) is 7.91. The Morgan fingerprint density at radius 1 is 1.07 bits per heavy atom. The number of benzene rings is 2. The van der Waals surface area contributed by atoms with E-state index in [2.05, 4.69) is 16.5 Å². The normalized spacial score (nSPS) is 11.3. The van der Waals surface area contributed by atoms with Crippen LogP contribution < -0.4 is 4.74 Å². The molecule has 0 spiro atoms. The third-order valence-corrected chi connectivity index (χ3v) is 5.55. The van der Waals surface area contributed by atoms with Crippen molar-refractivity contribution < 1.29 is 14.6 Å². The number of carbonyl (C=O) groups excluding carboxylic acids is 1. The zero-order valence-corrected chi connectivity index (χ0v) is 18.0. The Hall–Kier alpha value is -2.79. The van der Waals surface area contributed by atoms with Gasteiger partial charge >= 0.3 is 0 Å². The van der Waals surface area contributed by atoms with Gasteiger partial charge in [0.2, 0.25) is 0 Å². The van der Waals surface area contributed by atoms with Crippen LogP contribution in [0.25, 0.3) is 10.9 Å². The minimum absolute atomic E-state index is 0.329. The number of aromatic hydroxyl groups is 1. The van der Waals surface area contributed by atoms with Gasteiger partial charge in [0.1, 0.15) is 11.5 Å². The molecule has 0 radical (unpaired) electrons. The number of methoxy groups -OCH3 is 1. The van der Waals surface area contributed by atoms with Gasteiger partial charge in [-0.15, -0.1) is 0 Å². The summed E-state index contributed by atoms with van der Waals surface area (Å²) in [6.45, 7) is 2.84. The molecule has 0 unspecified atom stereocenters. The SMILES string of the molecule is COc1ccc2c(c1)c(C=O)cn2CCCCCCCN(C)Cc1cccc(O)c1. The highest BCUT2D eigenvalue weighted by Crippen LogP contribution is 2.25. The number of fused-ring (bicyclic) bond motifs is 1. The largest absolute Gasteiger partial charge is 0.508 e. The number of aryl methyl sites for hydroxylation is 1. The number of nitrogens with zero attached hydrogens (tertiary/aromatic N) is 2. The average molecular weight is 409 g/mol. The first-order valence-electron chi connectivity index (χ1n) is 10.7. The van der Waals surface area contributed by atoms with Gasteiger partial charge in [0.25, 0.3) is 0 Å². The highest BCUT2D eigenvalue weighted by Gasteiger charge is 2.09. The van der Waals surface area contributed by atoms with E-state index in [1.807, 2.05) is 42.6 Å². The number of phenols is 1. The summed E-state index contributed by atoms with van der Waals surface area (Å²) in [4.78, 5) is 13.7. The predicted molar refractivity (Wildman–Crippen MR) is 121 cm³/mol. The van der Waals surface area contributed by atoms with E-state index >= 15 is 0 Å². The maximum atomic E-state index is 11.4. The topological polar surface area (TPSA) is 54.7 Å². The summed E-state index contributed by atoms with van der Waals surface area (Å²) >= 11 is 0. The first kappa shape index (κ1) is 21.9. The van der Waals surface area contributed by atoms with Crippen LogP contribution in [0.5, 0.6) is 11.5 Å². The fourth-order valence-electron chi connectivity index (χ4n) is 3.95. The molecule has 1 N–H and O–H groups in total. The van der Waals surface area contributed by atoms with Crippen molar-refractivity contribution in [1.82, 2.24) is 9.47 Å². The molecule has 3 aromatic rings. The summed E-state index contributed by atoms with van der Waals surface area (Å²) in [6, 6.07) is 13.4. The molecule has 0 saturated heterocycles. The Morgan fingerprint density at radius 2 is 1.87 bits per heavy atom. The molecule has 0 aliphatic rings. The van der Waals surface area contributed by atoms with E-state index in [9.17, 15) is 9.90 Å². The molecular formula is C25H32N2O3. The second kappa shape index (κ2) is 10.8. The molecule has 160 valence electrons. The minimum Gasteiger partial charge on any atom is -0.508 e. The number of aldehydes is 1. The second-order valence-electron chi connectivity index (χ2n) is 7.95. The molecule has 3 rings (SSSR count). The van der Waals surface area contributed by atoms with E-state index in [1.54, 1.807) is 13.2 Å². The number of hydrogen-bond donors (Lipinski definition) is 1. The minimum atomic E-state index is 0.329. The predicted octanol–water partition coefficient (Wildman–Crippen LogP) is 5.25. The van der Waals surface area contributed by atoms with Crippen molar-refractivity contribution in [2.24, 2.45) is 0 Å². The molecule has 1 aromatic heterocycles. The van der Waals surface area contributed by atoms with Crippen molar-refractivity contribution in [3.63, 3.8) is 0 Å². The Bertz CT molecular complexity index is 964. The van der Waals surface area contributed by atoms with Gasteiger partial charge in [-0.25, -0.2) is 0 Å². The van der Waals surface area contributed by atoms with Gasteiger partial charge < -0.3 is 19.3 Å². The van der Waals surface area contributed by atoms with Crippen molar-refractivity contribution >= 4 is 17.2 Å². The zero-order valence-electron chi connectivity index (χ0n) is 18.0. The molecule has 5 heteroatoms. The van der Waals surface area contributed by atoms with Crippen molar-refractivity contribution in [1.29, 1.82) is 0 Å². The molecule has 0 saturated carbocycles. The van der Waals surface area contributed by atoms with Crippen LogP contribution in [0.15, 0.2) is 48.7 Å². The summed E-state index contributed by atoms with van der Waals surface area (Å²) in [5, 5.41) is 10.5. The molecule has 0 aliphatic carbocycles. The summed E-state index contributed by atoms with van der Waals surface area (Å²) in [5.41, 5.74) is 2.95. The van der Waals surface area contributed by atoms with Crippen LogP contribution in [0.3, 0.4) is 0 Å². The number of rotatable bonds is 12. The summed E-state index contributed by atoms with van der Waals surface area (Å²) in [6.07, 6.45) is 8.77. The first-order valence-corrected chi connectivity index (χ1v) is 10.7. The van der Waals surface area contributed by atoms with Crippen LogP contribution in [0.1, 0.15) is 48.0 Å². The maximum Gasteiger partial charge on any atom is 0.152 e. The number of unbranched alkanes of at least 4 members (excludes halogenated alkanes) is 4. The fourth-order valence-corrected chi connectivity index (χ4v) is 3.95. The van der Waals surface area contributed by atoms with Crippen molar-refractivity contribution in [2.45, 2.75) is 45.2 Å². The van der Waals surface area contributed by atoms with Crippen LogP contribution in [-0.2, 0) is 13.1 Å². The quantitative estimate of drug-likeness (QED) is 0.328.